The Balaban J connectivity index is 1.69. The Bertz CT molecular complexity index is 833. The topological polar surface area (TPSA) is 76.6 Å². The van der Waals surface area contributed by atoms with E-state index in [1.54, 1.807) is 11.2 Å². The molecule has 4 rings (SSSR count). The second-order valence-corrected chi connectivity index (χ2v) is 6.51. The number of amides is 1. The highest BCUT2D eigenvalue weighted by Crippen LogP contribution is 2.40. The van der Waals surface area contributed by atoms with Gasteiger partial charge in [0.15, 0.2) is 5.75 Å². The van der Waals surface area contributed by atoms with E-state index in [1.807, 2.05) is 12.1 Å². The number of carbonyl (C=O) groups excluding carboxylic acids is 1. The fourth-order valence-electron chi connectivity index (χ4n) is 3.49. The molecule has 0 spiro atoms. The molecular formula is C19H22N4O3. The number of nitrogens with zero attached hydrogens (tertiary/aromatic N) is 3. The molecule has 0 unspecified atom stereocenters. The summed E-state index contributed by atoms with van der Waals surface area (Å²) in [4.78, 5) is 22.6. The summed E-state index contributed by atoms with van der Waals surface area (Å²) in [5.74, 6) is 1.82. The third-order valence-electron chi connectivity index (χ3n) is 4.93. The van der Waals surface area contributed by atoms with E-state index in [2.05, 4.69) is 21.9 Å². The van der Waals surface area contributed by atoms with E-state index in [9.17, 15) is 4.79 Å². The molecule has 136 valence electrons. The molecule has 1 amide bonds. The smallest absolute Gasteiger partial charge is 0.250 e. The van der Waals surface area contributed by atoms with Crippen molar-refractivity contribution >= 4 is 28.3 Å². The van der Waals surface area contributed by atoms with Crippen molar-refractivity contribution in [3.05, 3.63) is 31.1 Å². The number of fused-ring (bicyclic) bond motifs is 3. The Kier molecular flexibility index (Phi) is 4.71. The molecule has 2 aromatic rings. The second kappa shape index (κ2) is 7.29. The van der Waals surface area contributed by atoms with Crippen LogP contribution in [0.25, 0.3) is 10.9 Å². The summed E-state index contributed by atoms with van der Waals surface area (Å²) in [6, 6.07) is 3.76. The van der Waals surface area contributed by atoms with Crippen molar-refractivity contribution in [3.8, 4) is 5.75 Å². The largest absolute Gasteiger partial charge is 0.489 e. The van der Waals surface area contributed by atoms with Gasteiger partial charge in [0.2, 0.25) is 0 Å². The minimum absolute atomic E-state index is 0.137. The summed E-state index contributed by atoms with van der Waals surface area (Å²) in [5.41, 5.74) is 1.53. The first kappa shape index (κ1) is 16.8. The standard InChI is InChI=1S/C19H22N4O3/c1-2-16(24)23-7-10-26-18-15(23)4-3-14-17(18)19(22-12-21-14)20-11-13-5-8-25-9-6-13/h2-4,12-13H,1,5-11H2,(H,20,21,22). The van der Waals surface area contributed by atoms with Crippen molar-refractivity contribution in [1.29, 1.82) is 0 Å². The lowest BCUT2D eigenvalue weighted by Gasteiger charge is -2.30. The number of rotatable bonds is 4. The molecular weight excluding hydrogens is 332 g/mol. The Morgan fingerprint density at radius 1 is 1.31 bits per heavy atom. The monoisotopic (exact) mass is 354 g/mol. The molecule has 1 fully saturated rings. The zero-order valence-corrected chi connectivity index (χ0v) is 14.6. The van der Waals surface area contributed by atoms with Crippen molar-refractivity contribution in [3.63, 3.8) is 0 Å². The number of anilines is 2. The van der Waals surface area contributed by atoms with Gasteiger partial charge in [-0.2, -0.15) is 0 Å². The van der Waals surface area contributed by atoms with Gasteiger partial charge in [0.05, 0.1) is 23.1 Å². The van der Waals surface area contributed by atoms with Gasteiger partial charge < -0.3 is 19.7 Å². The highest BCUT2D eigenvalue weighted by molar-refractivity contribution is 6.07. The van der Waals surface area contributed by atoms with E-state index in [0.717, 1.165) is 55.0 Å². The normalized spacial score (nSPS) is 17.5. The first-order valence-corrected chi connectivity index (χ1v) is 8.94. The van der Waals surface area contributed by atoms with Crippen LogP contribution in [-0.2, 0) is 9.53 Å². The average Bonchev–Trinajstić information content (AvgIpc) is 2.71. The Labute approximate surface area is 152 Å². The Morgan fingerprint density at radius 2 is 2.15 bits per heavy atom. The lowest BCUT2D eigenvalue weighted by molar-refractivity contribution is -0.114. The predicted molar refractivity (Wildman–Crippen MR) is 99.6 cm³/mol. The summed E-state index contributed by atoms with van der Waals surface area (Å²) in [6.45, 7) is 6.98. The molecule has 2 aliphatic rings. The van der Waals surface area contributed by atoms with Crippen LogP contribution in [0.15, 0.2) is 31.1 Å². The highest BCUT2D eigenvalue weighted by atomic mass is 16.5. The summed E-state index contributed by atoms with van der Waals surface area (Å²) in [5, 5.41) is 4.27. The van der Waals surface area contributed by atoms with E-state index < -0.39 is 0 Å². The predicted octanol–water partition coefficient (Wildman–Crippen LogP) is 2.38. The van der Waals surface area contributed by atoms with Crippen LogP contribution in [0.3, 0.4) is 0 Å². The van der Waals surface area contributed by atoms with Crippen LogP contribution in [0, 0.1) is 5.92 Å². The zero-order chi connectivity index (χ0) is 17.9. The minimum Gasteiger partial charge on any atom is -0.489 e. The van der Waals surface area contributed by atoms with Crippen LogP contribution in [0.5, 0.6) is 5.75 Å². The highest BCUT2D eigenvalue weighted by Gasteiger charge is 2.26. The maximum Gasteiger partial charge on any atom is 0.250 e. The van der Waals surface area contributed by atoms with E-state index in [1.165, 1.54) is 6.08 Å². The molecule has 0 aliphatic carbocycles. The van der Waals surface area contributed by atoms with Crippen LogP contribution in [-0.4, -0.2) is 48.8 Å². The number of hydrogen-bond donors (Lipinski definition) is 1. The van der Waals surface area contributed by atoms with Gasteiger partial charge in [0.25, 0.3) is 5.91 Å². The number of carbonyl (C=O) groups is 1. The lowest BCUT2D eigenvalue weighted by Crippen LogP contribution is -2.36. The van der Waals surface area contributed by atoms with Crippen LogP contribution < -0.4 is 15.0 Å². The van der Waals surface area contributed by atoms with Crippen molar-refractivity contribution in [2.75, 3.05) is 43.1 Å². The number of benzene rings is 1. The average molecular weight is 354 g/mol. The number of hydrogen-bond acceptors (Lipinski definition) is 6. The number of nitrogens with one attached hydrogen (secondary N) is 1. The van der Waals surface area contributed by atoms with Crippen LogP contribution in [0.2, 0.25) is 0 Å². The fourth-order valence-corrected chi connectivity index (χ4v) is 3.49. The van der Waals surface area contributed by atoms with Crippen LogP contribution in [0.4, 0.5) is 11.5 Å². The minimum atomic E-state index is -0.137. The SMILES string of the molecule is C=CC(=O)N1CCOc2c1ccc1ncnc(NCC3CCOCC3)c21. The van der Waals surface area contributed by atoms with E-state index in [4.69, 9.17) is 9.47 Å². The van der Waals surface area contributed by atoms with E-state index in [0.29, 0.717) is 24.8 Å². The second-order valence-electron chi connectivity index (χ2n) is 6.51. The zero-order valence-electron chi connectivity index (χ0n) is 14.6. The first-order valence-electron chi connectivity index (χ1n) is 8.94. The van der Waals surface area contributed by atoms with Gasteiger partial charge >= 0.3 is 0 Å². The quantitative estimate of drug-likeness (QED) is 0.850. The molecule has 3 heterocycles. The van der Waals surface area contributed by atoms with Crippen molar-refractivity contribution in [1.82, 2.24) is 9.97 Å². The number of aromatic nitrogens is 2. The molecule has 1 saturated heterocycles. The van der Waals surface area contributed by atoms with Crippen LogP contribution in [0.1, 0.15) is 12.8 Å². The Hall–Kier alpha value is -2.67. The van der Waals surface area contributed by atoms with Crippen molar-refractivity contribution in [2.24, 2.45) is 5.92 Å². The van der Waals surface area contributed by atoms with Gasteiger partial charge in [-0.15, -0.1) is 0 Å². The summed E-state index contributed by atoms with van der Waals surface area (Å²) < 4.78 is 11.3. The van der Waals surface area contributed by atoms with Gasteiger partial charge in [-0.3, -0.25) is 4.79 Å². The lowest BCUT2D eigenvalue weighted by atomic mass is 10.0. The van der Waals surface area contributed by atoms with Gasteiger partial charge in [-0.25, -0.2) is 9.97 Å². The van der Waals surface area contributed by atoms with Crippen LogP contribution >= 0.6 is 0 Å². The van der Waals surface area contributed by atoms with Gasteiger partial charge in [-0.1, -0.05) is 6.58 Å². The molecule has 1 aromatic carbocycles. The molecule has 0 saturated carbocycles. The first-order chi connectivity index (χ1) is 12.8. The maximum absolute atomic E-state index is 12.2. The molecule has 1 N–H and O–H groups in total. The molecule has 0 radical (unpaired) electrons. The van der Waals surface area contributed by atoms with Gasteiger partial charge in [0.1, 0.15) is 18.8 Å². The maximum atomic E-state index is 12.2. The van der Waals surface area contributed by atoms with Crippen molar-refractivity contribution < 1.29 is 14.3 Å². The molecule has 1 aromatic heterocycles. The molecule has 7 heteroatoms. The fraction of sp³-hybridized carbons (Fsp3) is 0.421. The molecule has 0 bridgehead atoms. The molecule has 2 aliphatic heterocycles. The van der Waals surface area contributed by atoms with Gasteiger partial charge in [-0.05, 0) is 37.0 Å². The summed E-state index contributed by atoms with van der Waals surface area (Å²) in [7, 11) is 0. The van der Waals surface area contributed by atoms with Gasteiger partial charge in [0, 0.05) is 19.8 Å². The molecule has 7 nitrogen and oxygen atoms in total. The summed E-state index contributed by atoms with van der Waals surface area (Å²) >= 11 is 0. The summed E-state index contributed by atoms with van der Waals surface area (Å²) in [6.07, 6.45) is 4.97. The Morgan fingerprint density at radius 3 is 2.96 bits per heavy atom. The number of ether oxygens (including phenoxy) is 2. The molecule has 0 atom stereocenters. The van der Waals surface area contributed by atoms with E-state index in [-0.39, 0.29) is 5.91 Å². The third-order valence-corrected chi connectivity index (χ3v) is 4.93. The molecule has 26 heavy (non-hydrogen) atoms. The van der Waals surface area contributed by atoms with Crippen molar-refractivity contribution in [2.45, 2.75) is 12.8 Å². The third kappa shape index (κ3) is 3.10. The van der Waals surface area contributed by atoms with E-state index >= 15 is 0 Å².